The molecule has 3 aromatic rings. The molecule has 3 rings (SSSR count). The number of nitrogens with zero attached hydrogens (tertiary/aromatic N) is 1. The molecule has 5 heteroatoms. The number of anilines is 3. The van der Waals surface area contributed by atoms with E-state index < -0.39 is 0 Å². The molecule has 1 amide bonds. The number of aromatic nitrogens is 1. The molecule has 0 aliphatic heterocycles. The third kappa shape index (κ3) is 4.39. The summed E-state index contributed by atoms with van der Waals surface area (Å²) in [5.41, 5.74) is 5.00. The van der Waals surface area contributed by atoms with Crippen LogP contribution in [0.5, 0.6) is 5.75 Å². The fraction of sp³-hybridized carbons (Fsp3) is 0.143. The molecule has 0 spiro atoms. The van der Waals surface area contributed by atoms with Crippen molar-refractivity contribution in [2.45, 2.75) is 13.8 Å². The van der Waals surface area contributed by atoms with E-state index in [1.807, 2.05) is 56.3 Å². The lowest BCUT2D eigenvalue weighted by molar-refractivity contribution is 0.102. The molecule has 0 radical (unpaired) electrons. The molecule has 2 aromatic carbocycles. The Bertz CT molecular complexity index is 901. The van der Waals surface area contributed by atoms with E-state index in [1.54, 1.807) is 19.4 Å². The molecule has 0 aliphatic rings. The van der Waals surface area contributed by atoms with Gasteiger partial charge in [-0.05, 0) is 73.5 Å². The minimum absolute atomic E-state index is 0.242. The molecular weight excluding hydrogens is 326 g/mol. The summed E-state index contributed by atoms with van der Waals surface area (Å²) in [5, 5.41) is 6.16. The van der Waals surface area contributed by atoms with Gasteiger partial charge in [-0.3, -0.25) is 9.78 Å². The van der Waals surface area contributed by atoms with Crippen molar-refractivity contribution in [2.24, 2.45) is 0 Å². The quantitative estimate of drug-likeness (QED) is 0.702. The van der Waals surface area contributed by atoms with Gasteiger partial charge in [0.05, 0.1) is 7.11 Å². The van der Waals surface area contributed by atoms with Crippen molar-refractivity contribution in [3.63, 3.8) is 0 Å². The molecule has 26 heavy (non-hydrogen) atoms. The number of pyridine rings is 1. The van der Waals surface area contributed by atoms with E-state index in [4.69, 9.17) is 4.74 Å². The largest absolute Gasteiger partial charge is 0.497 e. The standard InChI is InChI=1S/C21H21N3O2/c1-14-10-15(2)12-18(11-14)24-21(25)20-13-17(8-9-22-20)23-16-4-6-19(26-3)7-5-16/h4-13H,1-3H3,(H,22,23)(H,24,25). The van der Waals surface area contributed by atoms with E-state index >= 15 is 0 Å². The first-order valence-corrected chi connectivity index (χ1v) is 8.30. The summed E-state index contributed by atoms with van der Waals surface area (Å²) >= 11 is 0. The Balaban J connectivity index is 1.74. The predicted molar refractivity (Wildman–Crippen MR) is 104 cm³/mol. The van der Waals surface area contributed by atoms with E-state index in [0.29, 0.717) is 5.69 Å². The van der Waals surface area contributed by atoms with Crippen LogP contribution in [0.25, 0.3) is 0 Å². The van der Waals surface area contributed by atoms with Crippen LogP contribution in [0.1, 0.15) is 21.6 Å². The number of methoxy groups -OCH3 is 1. The summed E-state index contributed by atoms with van der Waals surface area (Å²) in [6.07, 6.45) is 1.61. The molecule has 0 bridgehead atoms. The molecule has 0 unspecified atom stereocenters. The van der Waals surface area contributed by atoms with Gasteiger partial charge in [-0.15, -0.1) is 0 Å². The van der Waals surface area contributed by atoms with Crippen molar-refractivity contribution < 1.29 is 9.53 Å². The van der Waals surface area contributed by atoms with Crippen LogP contribution in [0.3, 0.4) is 0 Å². The highest BCUT2D eigenvalue weighted by Gasteiger charge is 2.09. The topological polar surface area (TPSA) is 63.2 Å². The highest BCUT2D eigenvalue weighted by atomic mass is 16.5. The van der Waals surface area contributed by atoms with E-state index in [-0.39, 0.29) is 5.91 Å². The maximum absolute atomic E-state index is 12.5. The van der Waals surface area contributed by atoms with Gasteiger partial charge in [-0.25, -0.2) is 0 Å². The van der Waals surface area contributed by atoms with E-state index in [0.717, 1.165) is 33.9 Å². The zero-order valence-electron chi connectivity index (χ0n) is 15.0. The summed E-state index contributed by atoms with van der Waals surface area (Å²) in [6.45, 7) is 4.00. The van der Waals surface area contributed by atoms with Gasteiger partial charge in [-0.1, -0.05) is 6.07 Å². The number of hydrogen-bond donors (Lipinski definition) is 2. The number of carbonyl (C=O) groups is 1. The second kappa shape index (κ2) is 7.70. The van der Waals surface area contributed by atoms with Gasteiger partial charge < -0.3 is 15.4 Å². The second-order valence-corrected chi connectivity index (χ2v) is 6.11. The first-order chi connectivity index (χ1) is 12.5. The Morgan fingerprint density at radius 1 is 0.885 bits per heavy atom. The molecule has 0 saturated heterocycles. The summed E-state index contributed by atoms with van der Waals surface area (Å²) in [4.78, 5) is 16.7. The number of ether oxygens (including phenoxy) is 1. The molecule has 0 atom stereocenters. The number of amides is 1. The van der Waals surface area contributed by atoms with Gasteiger partial charge in [0.2, 0.25) is 0 Å². The molecule has 5 nitrogen and oxygen atoms in total. The van der Waals surface area contributed by atoms with Crippen LogP contribution >= 0.6 is 0 Å². The smallest absolute Gasteiger partial charge is 0.274 e. The van der Waals surface area contributed by atoms with Gasteiger partial charge in [0.1, 0.15) is 11.4 Å². The van der Waals surface area contributed by atoms with Crippen LogP contribution in [-0.4, -0.2) is 18.0 Å². The van der Waals surface area contributed by atoms with Crippen LogP contribution < -0.4 is 15.4 Å². The predicted octanol–water partition coefficient (Wildman–Crippen LogP) is 4.70. The highest BCUT2D eigenvalue weighted by molar-refractivity contribution is 6.03. The van der Waals surface area contributed by atoms with Crippen molar-refractivity contribution in [1.82, 2.24) is 4.98 Å². The lowest BCUT2D eigenvalue weighted by Crippen LogP contribution is -2.14. The van der Waals surface area contributed by atoms with Crippen LogP contribution in [0.4, 0.5) is 17.1 Å². The number of benzene rings is 2. The number of nitrogens with one attached hydrogen (secondary N) is 2. The molecular formula is C21H21N3O2. The van der Waals surface area contributed by atoms with Gasteiger partial charge in [0.15, 0.2) is 0 Å². The summed E-state index contributed by atoms with van der Waals surface area (Å²) in [5.74, 6) is 0.548. The summed E-state index contributed by atoms with van der Waals surface area (Å²) < 4.78 is 5.15. The number of carbonyl (C=O) groups excluding carboxylic acids is 1. The van der Waals surface area contributed by atoms with E-state index in [1.165, 1.54) is 0 Å². The van der Waals surface area contributed by atoms with Crippen molar-refractivity contribution in [1.29, 1.82) is 0 Å². The maximum atomic E-state index is 12.5. The molecule has 0 aliphatic carbocycles. The number of hydrogen-bond acceptors (Lipinski definition) is 4. The Kier molecular flexibility index (Phi) is 5.17. The molecule has 0 saturated carbocycles. The maximum Gasteiger partial charge on any atom is 0.274 e. The zero-order valence-corrected chi connectivity index (χ0v) is 15.0. The molecule has 1 heterocycles. The third-order valence-electron chi connectivity index (χ3n) is 3.85. The van der Waals surface area contributed by atoms with Crippen LogP contribution in [-0.2, 0) is 0 Å². The normalized spacial score (nSPS) is 10.3. The first-order valence-electron chi connectivity index (χ1n) is 8.30. The average Bonchev–Trinajstić information content (AvgIpc) is 2.62. The Morgan fingerprint density at radius 2 is 1.58 bits per heavy atom. The third-order valence-corrected chi connectivity index (χ3v) is 3.85. The van der Waals surface area contributed by atoms with Crippen molar-refractivity contribution in [3.8, 4) is 5.75 Å². The Morgan fingerprint density at radius 3 is 2.23 bits per heavy atom. The van der Waals surface area contributed by atoms with Crippen molar-refractivity contribution in [2.75, 3.05) is 17.7 Å². The fourth-order valence-electron chi connectivity index (χ4n) is 2.72. The first kappa shape index (κ1) is 17.5. The lowest BCUT2D eigenvalue weighted by Gasteiger charge is -2.10. The monoisotopic (exact) mass is 347 g/mol. The fourth-order valence-corrected chi connectivity index (χ4v) is 2.72. The Labute approximate surface area is 153 Å². The second-order valence-electron chi connectivity index (χ2n) is 6.11. The van der Waals surface area contributed by atoms with E-state index in [2.05, 4.69) is 21.7 Å². The van der Waals surface area contributed by atoms with Crippen molar-refractivity contribution in [3.05, 3.63) is 77.6 Å². The number of rotatable bonds is 5. The molecule has 0 fully saturated rings. The average molecular weight is 347 g/mol. The van der Waals surface area contributed by atoms with Gasteiger partial charge in [0.25, 0.3) is 5.91 Å². The minimum Gasteiger partial charge on any atom is -0.497 e. The van der Waals surface area contributed by atoms with Crippen molar-refractivity contribution >= 4 is 23.0 Å². The SMILES string of the molecule is COc1ccc(Nc2ccnc(C(=O)Nc3cc(C)cc(C)c3)c2)cc1. The van der Waals surface area contributed by atoms with Crippen LogP contribution in [0.2, 0.25) is 0 Å². The summed E-state index contributed by atoms with van der Waals surface area (Å²) in [7, 11) is 1.63. The van der Waals surface area contributed by atoms with E-state index in [9.17, 15) is 4.79 Å². The van der Waals surface area contributed by atoms with Crippen LogP contribution in [0, 0.1) is 13.8 Å². The zero-order chi connectivity index (χ0) is 18.5. The van der Waals surface area contributed by atoms with Gasteiger partial charge in [-0.2, -0.15) is 0 Å². The van der Waals surface area contributed by atoms with Gasteiger partial charge in [0, 0.05) is 23.3 Å². The molecule has 1 aromatic heterocycles. The lowest BCUT2D eigenvalue weighted by atomic mass is 10.1. The Hall–Kier alpha value is -3.34. The number of aryl methyl sites for hydroxylation is 2. The molecule has 2 N–H and O–H groups in total. The summed E-state index contributed by atoms with van der Waals surface area (Å²) in [6, 6.07) is 17.0. The minimum atomic E-state index is -0.242. The van der Waals surface area contributed by atoms with Gasteiger partial charge >= 0.3 is 0 Å². The highest BCUT2D eigenvalue weighted by Crippen LogP contribution is 2.21. The molecule has 132 valence electrons. The van der Waals surface area contributed by atoms with Crippen LogP contribution in [0.15, 0.2) is 60.8 Å².